The van der Waals surface area contributed by atoms with Gasteiger partial charge < -0.3 is 15.2 Å². The summed E-state index contributed by atoms with van der Waals surface area (Å²) < 4.78 is 0. The Balaban J connectivity index is 1.79. The molecule has 0 saturated carbocycles. The van der Waals surface area contributed by atoms with Gasteiger partial charge in [-0.3, -0.25) is 4.79 Å². The fourth-order valence-corrected chi connectivity index (χ4v) is 2.12. The zero-order valence-corrected chi connectivity index (χ0v) is 11.9. The highest BCUT2D eigenvalue weighted by Crippen LogP contribution is 2.17. The summed E-state index contributed by atoms with van der Waals surface area (Å²) in [5, 5.41) is 3.85. The first-order valence-electron chi connectivity index (χ1n) is 6.66. The van der Waals surface area contributed by atoms with E-state index in [4.69, 9.17) is 0 Å². The highest BCUT2D eigenvalue weighted by molar-refractivity contribution is 6.05. The van der Waals surface area contributed by atoms with Crippen LogP contribution in [0.3, 0.4) is 0 Å². The number of pyridine rings is 1. The quantitative estimate of drug-likeness (QED) is 0.775. The molecule has 3 aromatic rings. The van der Waals surface area contributed by atoms with Crippen LogP contribution in [-0.2, 0) is 0 Å². The van der Waals surface area contributed by atoms with E-state index in [2.05, 4.69) is 15.3 Å². The summed E-state index contributed by atoms with van der Waals surface area (Å²) in [5.74, 6) is 0.671. The Labute approximate surface area is 122 Å². The first-order chi connectivity index (χ1) is 10.1. The average Bonchev–Trinajstić information content (AvgIpc) is 2.92. The van der Waals surface area contributed by atoms with Crippen molar-refractivity contribution in [3.05, 3.63) is 54.4 Å². The Bertz CT molecular complexity index is 741. The number of carbonyl (C=O) groups is 1. The number of aromatic nitrogens is 2. The standard InChI is InChI=1S/C16H16N4O/c1-20(2)15-8-7-12(10-17-15)18-16(21)14-9-11-5-3-4-6-13(11)19-14/h3-10,19H,1-2H3,(H,18,21). The Morgan fingerprint density at radius 3 is 2.67 bits per heavy atom. The molecule has 106 valence electrons. The maximum Gasteiger partial charge on any atom is 0.272 e. The number of aromatic amines is 1. The van der Waals surface area contributed by atoms with Crippen LogP contribution in [0.25, 0.3) is 10.9 Å². The zero-order valence-electron chi connectivity index (χ0n) is 11.9. The number of fused-ring (bicyclic) bond motifs is 1. The molecule has 0 radical (unpaired) electrons. The number of carbonyl (C=O) groups excluding carboxylic acids is 1. The number of rotatable bonds is 3. The molecule has 5 nitrogen and oxygen atoms in total. The molecule has 1 amide bonds. The maximum absolute atomic E-state index is 12.2. The van der Waals surface area contributed by atoms with E-state index >= 15 is 0 Å². The molecule has 0 aliphatic carbocycles. The van der Waals surface area contributed by atoms with E-state index in [0.717, 1.165) is 16.7 Å². The number of H-pyrrole nitrogens is 1. The smallest absolute Gasteiger partial charge is 0.272 e. The number of amides is 1. The second-order valence-corrected chi connectivity index (χ2v) is 5.02. The number of para-hydroxylation sites is 1. The van der Waals surface area contributed by atoms with Gasteiger partial charge in [0.15, 0.2) is 0 Å². The fourth-order valence-electron chi connectivity index (χ4n) is 2.12. The minimum absolute atomic E-state index is 0.175. The van der Waals surface area contributed by atoms with Crippen molar-refractivity contribution in [1.82, 2.24) is 9.97 Å². The van der Waals surface area contributed by atoms with E-state index in [1.807, 2.05) is 61.5 Å². The molecule has 2 N–H and O–H groups in total. The van der Waals surface area contributed by atoms with Gasteiger partial charge in [-0.15, -0.1) is 0 Å². The third-order valence-corrected chi connectivity index (χ3v) is 3.24. The van der Waals surface area contributed by atoms with Gasteiger partial charge in [-0.25, -0.2) is 4.98 Å². The molecule has 0 saturated heterocycles. The predicted molar refractivity (Wildman–Crippen MR) is 84.8 cm³/mol. The highest BCUT2D eigenvalue weighted by atomic mass is 16.1. The number of hydrogen-bond acceptors (Lipinski definition) is 3. The van der Waals surface area contributed by atoms with Crippen LogP contribution in [0.1, 0.15) is 10.5 Å². The van der Waals surface area contributed by atoms with Crippen LogP contribution in [0.4, 0.5) is 11.5 Å². The Hall–Kier alpha value is -2.82. The Morgan fingerprint density at radius 1 is 1.19 bits per heavy atom. The third-order valence-electron chi connectivity index (χ3n) is 3.24. The van der Waals surface area contributed by atoms with E-state index in [1.54, 1.807) is 6.20 Å². The van der Waals surface area contributed by atoms with Gasteiger partial charge in [0.05, 0.1) is 11.9 Å². The summed E-state index contributed by atoms with van der Waals surface area (Å²) in [6.07, 6.45) is 1.65. The molecule has 0 fully saturated rings. The van der Waals surface area contributed by atoms with Crippen molar-refractivity contribution in [3.8, 4) is 0 Å². The topological polar surface area (TPSA) is 61.0 Å². The van der Waals surface area contributed by atoms with E-state index in [1.165, 1.54) is 0 Å². The number of benzene rings is 1. The van der Waals surface area contributed by atoms with Crippen molar-refractivity contribution in [3.63, 3.8) is 0 Å². The second-order valence-electron chi connectivity index (χ2n) is 5.02. The molecule has 2 heterocycles. The molecule has 0 aliphatic rings. The Kier molecular flexibility index (Phi) is 3.31. The molecule has 5 heteroatoms. The Morgan fingerprint density at radius 2 is 2.00 bits per heavy atom. The van der Waals surface area contributed by atoms with Crippen LogP contribution < -0.4 is 10.2 Å². The lowest BCUT2D eigenvalue weighted by Crippen LogP contribution is -2.14. The summed E-state index contributed by atoms with van der Waals surface area (Å²) in [6, 6.07) is 13.3. The lowest BCUT2D eigenvalue weighted by Gasteiger charge is -2.11. The van der Waals surface area contributed by atoms with Crippen LogP contribution in [0, 0.1) is 0 Å². The van der Waals surface area contributed by atoms with Crippen molar-refractivity contribution in [2.75, 3.05) is 24.3 Å². The van der Waals surface area contributed by atoms with Crippen LogP contribution in [0.15, 0.2) is 48.7 Å². The summed E-state index contributed by atoms with van der Waals surface area (Å²) >= 11 is 0. The number of anilines is 2. The summed E-state index contributed by atoms with van der Waals surface area (Å²) in [4.78, 5) is 21.5. The molecule has 0 spiro atoms. The average molecular weight is 280 g/mol. The van der Waals surface area contributed by atoms with Gasteiger partial charge >= 0.3 is 0 Å². The highest BCUT2D eigenvalue weighted by Gasteiger charge is 2.09. The SMILES string of the molecule is CN(C)c1ccc(NC(=O)c2cc3ccccc3[nH]2)cn1. The van der Waals surface area contributed by atoms with Crippen LogP contribution in [0.5, 0.6) is 0 Å². The number of nitrogens with zero attached hydrogens (tertiary/aromatic N) is 2. The van der Waals surface area contributed by atoms with Crippen molar-refractivity contribution in [1.29, 1.82) is 0 Å². The van der Waals surface area contributed by atoms with Gasteiger partial charge in [0, 0.05) is 25.0 Å². The van der Waals surface area contributed by atoms with E-state index in [-0.39, 0.29) is 5.91 Å². The zero-order chi connectivity index (χ0) is 14.8. The van der Waals surface area contributed by atoms with Gasteiger partial charge in [-0.2, -0.15) is 0 Å². The van der Waals surface area contributed by atoms with Crippen LogP contribution >= 0.6 is 0 Å². The minimum Gasteiger partial charge on any atom is -0.363 e. The van der Waals surface area contributed by atoms with E-state index < -0.39 is 0 Å². The van der Waals surface area contributed by atoms with Crippen LogP contribution in [-0.4, -0.2) is 30.0 Å². The first-order valence-corrected chi connectivity index (χ1v) is 6.66. The molecular formula is C16H16N4O. The lowest BCUT2D eigenvalue weighted by atomic mass is 10.2. The molecule has 3 rings (SSSR count). The molecule has 1 aromatic carbocycles. The fraction of sp³-hybridized carbons (Fsp3) is 0.125. The number of hydrogen-bond donors (Lipinski definition) is 2. The predicted octanol–water partition coefficient (Wildman–Crippen LogP) is 2.88. The molecule has 21 heavy (non-hydrogen) atoms. The summed E-state index contributed by atoms with van der Waals surface area (Å²) in [7, 11) is 3.84. The first kappa shape index (κ1) is 13.2. The molecular weight excluding hydrogens is 264 g/mol. The minimum atomic E-state index is -0.175. The van der Waals surface area contributed by atoms with Crippen molar-refractivity contribution >= 4 is 28.3 Å². The van der Waals surface area contributed by atoms with Gasteiger partial charge in [-0.1, -0.05) is 18.2 Å². The maximum atomic E-state index is 12.2. The summed E-state index contributed by atoms with van der Waals surface area (Å²) in [6.45, 7) is 0. The van der Waals surface area contributed by atoms with Gasteiger partial charge in [0.1, 0.15) is 11.5 Å². The van der Waals surface area contributed by atoms with Gasteiger partial charge in [0.2, 0.25) is 0 Å². The molecule has 0 aliphatic heterocycles. The van der Waals surface area contributed by atoms with Crippen molar-refractivity contribution in [2.24, 2.45) is 0 Å². The molecule has 0 bridgehead atoms. The number of nitrogens with one attached hydrogen (secondary N) is 2. The molecule has 0 atom stereocenters. The summed E-state index contributed by atoms with van der Waals surface area (Å²) in [5.41, 5.74) is 2.15. The van der Waals surface area contributed by atoms with E-state index in [9.17, 15) is 4.79 Å². The monoisotopic (exact) mass is 280 g/mol. The molecule has 0 unspecified atom stereocenters. The second kappa shape index (κ2) is 5.28. The van der Waals surface area contributed by atoms with Gasteiger partial charge in [-0.05, 0) is 24.3 Å². The van der Waals surface area contributed by atoms with Crippen LogP contribution in [0.2, 0.25) is 0 Å². The van der Waals surface area contributed by atoms with Crippen molar-refractivity contribution in [2.45, 2.75) is 0 Å². The largest absolute Gasteiger partial charge is 0.363 e. The lowest BCUT2D eigenvalue weighted by molar-refractivity contribution is 0.102. The molecule has 2 aromatic heterocycles. The third kappa shape index (κ3) is 2.72. The van der Waals surface area contributed by atoms with Gasteiger partial charge in [0.25, 0.3) is 5.91 Å². The van der Waals surface area contributed by atoms with E-state index in [0.29, 0.717) is 11.4 Å². The normalized spacial score (nSPS) is 10.6. The van der Waals surface area contributed by atoms with Crippen molar-refractivity contribution < 1.29 is 4.79 Å².